The average Bonchev–Trinajstić information content (AvgIpc) is 2.70. The van der Waals surface area contributed by atoms with E-state index in [1.807, 2.05) is 0 Å². The minimum atomic E-state index is -0.446. The van der Waals surface area contributed by atoms with Gasteiger partial charge in [-0.05, 0) is 48.5 Å². The average molecular weight is 471 g/mol. The maximum Gasteiger partial charge on any atom is 0.255 e. The molecular weight excluding hydrogens is 458 g/mol. The van der Waals surface area contributed by atoms with Gasteiger partial charge in [-0.25, -0.2) is 0 Å². The zero-order valence-electron chi connectivity index (χ0n) is 14.8. The zero-order chi connectivity index (χ0) is 20.5. The summed E-state index contributed by atoms with van der Waals surface area (Å²) in [5.41, 5.74) is 0.841. The van der Waals surface area contributed by atoms with Gasteiger partial charge in [0.25, 0.3) is 5.91 Å². The molecule has 3 aromatic carbocycles. The molecule has 0 saturated carbocycles. The molecule has 0 unspecified atom stereocenters. The molecule has 5 nitrogen and oxygen atoms in total. The number of halogens is 2. The number of nitrogens with one attached hydrogen (secondary N) is 1. The fourth-order valence-electron chi connectivity index (χ4n) is 2.94. The third-order valence-corrected chi connectivity index (χ3v) is 5.21. The van der Waals surface area contributed by atoms with Crippen LogP contribution in [-0.2, 0) is 0 Å². The summed E-state index contributed by atoms with van der Waals surface area (Å²) in [6.07, 6.45) is 0. The van der Waals surface area contributed by atoms with Crippen LogP contribution >= 0.6 is 27.5 Å². The monoisotopic (exact) mass is 469 g/mol. The molecule has 7 heteroatoms. The van der Waals surface area contributed by atoms with Crippen molar-refractivity contribution in [2.75, 3.05) is 5.32 Å². The minimum absolute atomic E-state index is 0.0191. The van der Waals surface area contributed by atoms with Crippen LogP contribution in [0.3, 0.4) is 0 Å². The number of anilines is 1. The van der Waals surface area contributed by atoms with Crippen LogP contribution in [0.1, 0.15) is 10.4 Å². The molecule has 0 fully saturated rings. The lowest BCUT2D eigenvalue weighted by atomic mass is 10.1. The Labute approximate surface area is 178 Å². The van der Waals surface area contributed by atoms with Gasteiger partial charge in [0.2, 0.25) is 0 Å². The van der Waals surface area contributed by atoms with Crippen LogP contribution in [0.15, 0.2) is 80.4 Å². The van der Waals surface area contributed by atoms with E-state index in [1.165, 1.54) is 18.2 Å². The Morgan fingerprint density at radius 1 is 1.03 bits per heavy atom. The number of phenolic OH excluding ortho intramolecular Hbond substituents is 1. The molecule has 0 saturated heterocycles. The van der Waals surface area contributed by atoms with Crippen molar-refractivity contribution in [2.24, 2.45) is 0 Å². The Hall–Kier alpha value is -3.09. The predicted molar refractivity (Wildman–Crippen MR) is 117 cm³/mol. The normalized spacial score (nSPS) is 10.8. The quantitative estimate of drug-likeness (QED) is 0.369. The first kappa shape index (κ1) is 19.2. The largest absolute Gasteiger partial charge is 0.507 e. The van der Waals surface area contributed by atoms with E-state index in [2.05, 4.69) is 21.2 Å². The molecule has 0 bridgehead atoms. The highest BCUT2D eigenvalue weighted by molar-refractivity contribution is 9.10. The highest BCUT2D eigenvalue weighted by Crippen LogP contribution is 2.34. The summed E-state index contributed by atoms with van der Waals surface area (Å²) >= 11 is 9.55. The SMILES string of the molecule is O=C(Nc1ccc(O)c2c(=O)cc(-c3ccccc3Cl)oc12)c1ccc(Br)cc1. The fourth-order valence-corrected chi connectivity index (χ4v) is 3.43. The Kier molecular flexibility index (Phi) is 5.13. The van der Waals surface area contributed by atoms with Gasteiger partial charge in [-0.3, -0.25) is 9.59 Å². The zero-order valence-corrected chi connectivity index (χ0v) is 17.1. The van der Waals surface area contributed by atoms with Crippen molar-refractivity contribution in [1.29, 1.82) is 0 Å². The summed E-state index contributed by atoms with van der Waals surface area (Å²) in [5, 5.41) is 13.3. The second kappa shape index (κ2) is 7.73. The van der Waals surface area contributed by atoms with Gasteiger partial charge >= 0.3 is 0 Å². The van der Waals surface area contributed by atoms with Crippen LogP contribution in [0.4, 0.5) is 5.69 Å². The molecule has 0 aliphatic heterocycles. The predicted octanol–water partition coefficient (Wildman–Crippen LogP) is 5.83. The second-order valence-electron chi connectivity index (χ2n) is 6.25. The van der Waals surface area contributed by atoms with Gasteiger partial charge in [0.05, 0.1) is 10.7 Å². The summed E-state index contributed by atoms with van der Waals surface area (Å²) in [5.74, 6) is -0.380. The molecule has 2 N–H and O–H groups in total. The molecule has 144 valence electrons. The summed E-state index contributed by atoms with van der Waals surface area (Å²) < 4.78 is 6.76. The standard InChI is InChI=1S/C22H13BrClNO4/c23-13-7-5-12(6-8-13)22(28)25-16-9-10-17(26)20-18(27)11-19(29-21(16)20)14-3-1-2-4-15(14)24/h1-11,26H,(H,25,28). The smallest absolute Gasteiger partial charge is 0.255 e. The number of fused-ring (bicyclic) bond motifs is 1. The van der Waals surface area contributed by atoms with Crippen molar-refractivity contribution in [3.05, 3.63) is 92.0 Å². The van der Waals surface area contributed by atoms with E-state index in [-0.39, 0.29) is 34.1 Å². The number of rotatable bonds is 3. The summed E-state index contributed by atoms with van der Waals surface area (Å²) in [7, 11) is 0. The van der Waals surface area contributed by atoms with Crippen LogP contribution in [0.5, 0.6) is 5.75 Å². The van der Waals surface area contributed by atoms with Crippen LogP contribution in [0.25, 0.3) is 22.3 Å². The van der Waals surface area contributed by atoms with E-state index in [4.69, 9.17) is 16.0 Å². The Bertz CT molecular complexity index is 1300. The molecule has 4 aromatic rings. The highest BCUT2D eigenvalue weighted by atomic mass is 79.9. The van der Waals surface area contributed by atoms with Gasteiger partial charge in [-0.15, -0.1) is 0 Å². The summed E-state index contributed by atoms with van der Waals surface area (Å²) in [6, 6.07) is 17.8. The van der Waals surface area contributed by atoms with E-state index in [0.29, 0.717) is 16.1 Å². The molecule has 0 atom stereocenters. The minimum Gasteiger partial charge on any atom is -0.507 e. The number of hydrogen-bond acceptors (Lipinski definition) is 4. The number of carbonyl (C=O) groups is 1. The molecule has 4 rings (SSSR count). The third kappa shape index (κ3) is 3.77. The van der Waals surface area contributed by atoms with Gasteiger partial charge in [0, 0.05) is 21.7 Å². The number of hydrogen-bond donors (Lipinski definition) is 2. The number of amides is 1. The molecule has 1 aromatic heterocycles. The van der Waals surface area contributed by atoms with Crippen molar-refractivity contribution >= 4 is 50.1 Å². The van der Waals surface area contributed by atoms with Crippen molar-refractivity contribution in [2.45, 2.75) is 0 Å². The van der Waals surface area contributed by atoms with Crippen molar-refractivity contribution < 1.29 is 14.3 Å². The van der Waals surface area contributed by atoms with Gasteiger partial charge in [-0.2, -0.15) is 0 Å². The first-order chi connectivity index (χ1) is 13.9. The van der Waals surface area contributed by atoms with Gasteiger partial charge in [0.15, 0.2) is 11.0 Å². The van der Waals surface area contributed by atoms with Crippen LogP contribution in [0.2, 0.25) is 5.02 Å². The molecule has 0 radical (unpaired) electrons. The Balaban J connectivity index is 1.85. The number of benzene rings is 3. The van der Waals surface area contributed by atoms with Crippen LogP contribution in [-0.4, -0.2) is 11.0 Å². The molecular formula is C22H13BrClNO4. The van der Waals surface area contributed by atoms with Gasteiger partial charge < -0.3 is 14.8 Å². The first-order valence-corrected chi connectivity index (χ1v) is 9.73. The molecule has 29 heavy (non-hydrogen) atoms. The van der Waals surface area contributed by atoms with Crippen molar-refractivity contribution in [3.8, 4) is 17.1 Å². The topological polar surface area (TPSA) is 79.5 Å². The second-order valence-corrected chi connectivity index (χ2v) is 7.58. The maximum atomic E-state index is 12.7. The molecule has 1 heterocycles. The van der Waals surface area contributed by atoms with E-state index >= 15 is 0 Å². The van der Waals surface area contributed by atoms with Crippen molar-refractivity contribution in [3.63, 3.8) is 0 Å². The first-order valence-electron chi connectivity index (χ1n) is 8.55. The van der Waals surface area contributed by atoms with E-state index in [9.17, 15) is 14.7 Å². The van der Waals surface area contributed by atoms with E-state index < -0.39 is 5.43 Å². The molecule has 0 spiro atoms. The number of aromatic hydroxyl groups is 1. The van der Waals surface area contributed by atoms with Crippen molar-refractivity contribution in [1.82, 2.24) is 0 Å². The van der Waals surface area contributed by atoms with E-state index in [0.717, 1.165) is 4.47 Å². The molecule has 0 aliphatic rings. The maximum absolute atomic E-state index is 12.7. The Morgan fingerprint density at radius 3 is 2.48 bits per heavy atom. The summed E-state index contributed by atoms with van der Waals surface area (Å²) in [4.78, 5) is 25.3. The lowest BCUT2D eigenvalue weighted by Gasteiger charge is -2.11. The Morgan fingerprint density at radius 2 is 1.76 bits per heavy atom. The fraction of sp³-hybridized carbons (Fsp3) is 0. The lowest BCUT2D eigenvalue weighted by Crippen LogP contribution is -2.13. The van der Waals surface area contributed by atoms with Crippen LogP contribution < -0.4 is 10.7 Å². The molecule has 0 aliphatic carbocycles. The lowest BCUT2D eigenvalue weighted by molar-refractivity contribution is 0.102. The number of carbonyl (C=O) groups excluding carboxylic acids is 1. The summed E-state index contributed by atoms with van der Waals surface area (Å²) in [6.45, 7) is 0. The van der Waals surface area contributed by atoms with Gasteiger partial charge in [0.1, 0.15) is 16.9 Å². The highest BCUT2D eigenvalue weighted by Gasteiger charge is 2.17. The molecule has 1 amide bonds. The van der Waals surface area contributed by atoms with Crippen LogP contribution in [0, 0.1) is 0 Å². The third-order valence-electron chi connectivity index (χ3n) is 4.35. The van der Waals surface area contributed by atoms with Gasteiger partial charge in [-0.1, -0.05) is 39.7 Å². The number of phenols is 1. The van der Waals surface area contributed by atoms with E-state index in [1.54, 1.807) is 48.5 Å².